The van der Waals surface area contributed by atoms with Crippen molar-refractivity contribution in [3.8, 4) is 0 Å². The van der Waals surface area contributed by atoms with Crippen molar-refractivity contribution in [3.63, 3.8) is 0 Å². The topological polar surface area (TPSA) is 78.9 Å². The van der Waals surface area contributed by atoms with Crippen LogP contribution in [0, 0.1) is 5.41 Å². The fourth-order valence-corrected chi connectivity index (χ4v) is 1.17. The Hall–Kier alpha value is -1.65. The smallest absolute Gasteiger partial charge is 0.311 e. The molecule has 0 aliphatic rings. The van der Waals surface area contributed by atoms with Crippen LogP contribution in [0.4, 0.5) is 0 Å². The van der Waals surface area contributed by atoms with Crippen LogP contribution in [0.25, 0.3) is 0 Å². The Bertz CT molecular complexity index is 401. The predicted octanol–water partition coefficient (Wildman–Crippen LogP) is 1.69. The Kier molecular flexibility index (Phi) is 8.58. The van der Waals surface area contributed by atoms with Crippen LogP contribution in [-0.2, 0) is 28.6 Å². The van der Waals surface area contributed by atoms with E-state index in [1.165, 1.54) is 6.92 Å². The number of rotatable bonds is 8. The van der Waals surface area contributed by atoms with Crippen molar-refractivity contribution in [2.75, 3.05) is 19.8 Å². The molecule has 0 aliphatic heterocycles. The lowest BCUT2D eigenvalue weighted by Gasteiger charge is -2.23. The summed E-state index contributed by atoms with van der Waals surface area (Å²) in [5, 5.41) is 0. The molecule has 21 heavy (non-hydrogen) atoms. The molecule has 0 saturated carbocycles. The lowest BCUT2D eigenvalue weighted by molar-refractivity contribution is -0.168. The molecule has 0 fully saturated rings. The molecule has 1 atom stereocenters. The SMILES string of the molecule is CCC(=C=O)COCC(COC(C)=O)OC(=O)C(C)(C)C. The number of esters is 2. The lowest BCUT2D eigenvalue weighted by Crippen LogP contribution is -2.34. The summed E-state index contributed by atoms with van der Waals surface area (Å²) in [4.78, 5) is 33.2. The maximum atomic E-state index is 11.8. The molecule has 0 radical (unpaired) electrons. The first-order valence-electron chi connectivity index (χ1n) is 6.85. The number of hydrogen-bond donors (Lipinski definition) is 0. The van der Waals surface area contributed by atoms with E-state index in [1.54, 1.807) is 26.7 Å². The van der Waals surface area contributed by atoms with Gasteiger partial charge in [0.05, 0.1) is 18.6 Å². The Labute approximate surface area is 125 Å². The van der Waals surface area contributed by atoms with Crippen molar-refractivity contribution >= 4 is 17.9 Å². The summed E-state index contributed by atoms with van der Waals surface area (Å²) < 4.78 is 15.4. The van der Waals surface area contributed by atoms with Crippen molar-refractivity contribution in [1.29, 1.82) is 0 Å². The molecule has 0 aromatic rings. The van der Waals surface area contributed by atoms with Gasteiger partial charge < -0.3 is 14.2 Å². The third-order valence-electron chi connectivity index (χ3n) is 2.51. The molecule has 0 amide bonds. The molecule has 0 rings (SSSR count). The van der Waals surface area contributed by atoms with E-state index in [1.807, 2.05) is 6.92 Å². The summed E-state index contributed by atoms with van der Waals surface area (Å²) in [6.45, 7) is 8.34. The highest BCUT2D eigenvalue weighted by molar-refractivity contribution is 5.75. The average molecular weight is 300 g/mol. The third kappa shape index (κ3) is 9.00. The number of hydrogen-bond acceptors (Lipinski definition) is 6. The van der Waals surface area contributed by atoms with E-state index >= 15 is 0 Å². The molecule has 0 bridgehead atoms. The van der Waals surface area contributed by atoms with Crippen LogP contribution in [0.15, 0.2) is 5.57 Å². The van der Waals surface area contributed by atoms with E-state index < -0.39 is 23.5 Å². The lowest BCUT2D eigenvalue weighted by atomic mass is 9.97. The highest BCUT2D eigenvalue weighted by Crippen LogP contribution is 2.16. The largest absolute Gasteiger partial charge is 0.462 e. The third-order valence-corrected chi connectivity index (χ3v) is 2.51. The van der Waals surface area contributed by atoms with Crippen LogP contribution in [0.3, 0.4) is 0 Å². The molecular weight excluding hydrogens is 276 g/mol. The second-order valence-electron chi connectivity index (χ2n) is 5.65. The van der Waals surface area contributed by atoms with Gasteiger partial charge in [-0.3, -0.25) is 9.59 Å². The first kappa shape index (κ1) is 19.4. The van der Waals surface area contributed by atoms with Crippen molar-refractivity contribution in [1.82, 2.24) is 0 Å². The van der Waals surface area contributed by atoms with Gasteiger partial charge in [0.15, 0.2) is 6.10 Å². The summed E-state index contributed by atoms with van der Waals surface area (Å²) in [7, 11) is 0. The fraction of sp³-hybridized carbons (Fsp3) is 0.733. The Morgan fingerprint density at radius 1 is 1.19 bits per heavy atom. The van der Waals surface area contributed by atoms with Gasteiger partial charge in [0.1, 0.15) is 12.5 Å². The quantitative estimate of drug-likeness (QED) is 0.501. The Morgan fingerprint density at radius 2 is 1.81 bits per heavy atom. The number of carbonyl (C=O) groups is 2. The van der Waals surface area contributed by atoms with Gasteiger partial charge in [-0.1, -0.05) is 6.92 Å². The highest BCUT2D eigenvalue weighted by Gasteiger charge is 2.27. The minimum Gasteiger partial charge on any atom is -0.462 e. The summed E-state index contributed by atoms with van der Waals surface area (Å²) in [6, 6.07) is 0. The van der Waals surface area contributed by atoms with E-state index in [9.17, 15) is 14.4 Å². The molecule has 0 spiro atoms. The minimum atomic E-state index is -0.703. The second kappa shape index (κ2) is 9.32. The van der Waals surface area contributed by atoms with E-state index in [0.717, 1.165) is 0 Å². The maximum absolute atomic E-state index is 11.8. The molecule has 6 heteroatoms. The Balaban J connectivity index is 4.49. The van der Waals surface area contributed by atoms with Crippen LogP contribution in [0.5, 0.6) is 0 Å². The Morgan fingerprint density at radius 3 is 2.24 bits per heavy atom. The average Bonchev–Trinajstić information content (AvgIpc) is 2.39. The molecule has 120 valence electrons. The van der Waals surface area contributed by atoms with Gasteiger partial charge in [-0.05, 0) is 27.2 Å². The predicted molar refractivity (Wildman–Crippen MR) is 76.3 cm³/mol. The van der Waals surface area contributed by atoms with Gasteiger partial charge in [0.25, 0.3) is 0 Å². The van der Waals surface area contributed by atoms with Crippen molar-refractivity contribution in [2.24, 2.45) is 5.41 Å². The molecule has 0 aromatic carbocycles. The summed E-state index contributed by atoms with van der Waals surface area (Å²) in [6.07, 6.45) is -0.162. The van der Waals surface area contributed by atoms with Gasteiger partial charge in [-0.25, -0.2) is 4.79 Å². The molecule has 0 aromatic heterocycles. The number of carbonyl (C=O) groups excluding carboxylic acids is 3. The zero-order valence-corrected chi connectivity index (χ0v) is 13.4. The van der Waals surface area contributed by atoms with Crippen LogP contribution in [0.2, 0.25) is 0 Å². The second-order valence-corrected chi connectivity index (χ2v) is 5.65. The highest BCUT2D eigenvalue weighted by atomic mass is 16.6. The van der Waals surface area contributed by atoms with Crippen molar-refractivity contribution in [2.45, 2.75) is 47.1 Å². The normalized spacial score (nSPS) is 12.2. The van der Waals surface area contributed by atoms with Crippen LogP contribution in [0.1, 0.15) is 41.0 Å². The zero-order chi connectivity index (χ0) is 16.5. The van der Waals surface area contributed by atoms with E-state index in [-0.39, 0.29) is 19.8 Å². The first-order valence-corrected chi connectivity index (χ1v) is 6.85. The fourth-order valence-electron chi connectivity index (χ4n) is 1.17. The van der Waals surface area contributed by atoms with Crippen LogP contribution in [-0.4, -0.2) is 43.8 Å². The van der Waals surface area contributed by atoms with Crippen molar-refractivity contribution < 1.29 is 28.6 Å². The van der Waals surface area contributed by atoms with Gasteiger partial charge >= 0.3 is 11.9 Å². The maximum Gasteiger partial charge on any atom is 0.311 e. The van der Waals surface area contributed by atoms with E-state index in [0.29, 0.717) is 12.0 Å². The summed E-state index contributed by atoms with van der Waals surface area (Å²) in [5.74, 6) is 0.913. The van der Waals surface area contributed by atoms with E-state index in [4.69, 9.17) is 14.2 Å². The number of ether oxygens (including phenoxy) is 3. The van der Waals surface area contributed by atoms with Crippen LogP contribution >= 0.6 is 0 Å². The molecule has 0 aliphatic carbocycles. The van der Waals surface area contributed by atoms with Crippen molar-refractivity contribution in [3.05, 3.63) is 5.57 Å². The molecular formula is C15H24O6. The molecule has 1 unspecified atom stereocenters. The van der Waals surface area contributed by atoms with E-state index in [2.05, 4.69) is 0 Å². The van der Waals surface area contributed by atoms with Gasteiger partial charge in [0, 0.05) is 12.5 Å². The summed E-state index contributed by atoms with van der Waals surface area (Å²) >= 11 is 0. The molecule has 0 N–H and O–H groups in total. The van der Waals surface area contributed by atoms with Gasteiger partial charge in [-0.15, -0.1) is 0 Å². The minimum absolute atomic E-state index is 0.0419. The zero-order valence-electron chi connectivity index (χ0n) is 13.4. The standard InChI is InChI=1S/C15H24O6/c1-6-12(7-16)8-19-9-13(10-20-11(2)17)21-14(18)15(3,4)5/h13H,6,8-10H2,1-5H3. The summed E-state index contributed by atoms with van der Waals surface area (Å²) in [5.41, 5.74) is -0.172. The monoisotopic (exact) mass is 300 g/mol. The molecule has 0 saturated heterocycles. The van der Waals surface area contributed by atoms with Gasteiger partial charge in [0.2, 0.25) is 0 Å². The van der Waals surface area contributed by atoms with Gasteiger partial charge in [-0.2, -0.15) is 0 Å². The van der Waals surface area contributed by atoms with Crippen LogP contribution < -0.4 is 0 Å². The first-order chi connectivity index (χ1) is 9.70. The molecule has 6 nitrogen and oxygen atoms in total. The molecule has 0 heterocycles.